The third kappa shape index (κ3) is 70.3. The van der Waals surface area contributed by atoms with Crippen LogP contribution in [0.1, 0.15) is 395 Å². The van der Waals surface area contributed by atoms with Gasteiger partial charge in [-0.05, 0) is 37.5 Å². The van der Waals surface area contributed by atoms with Gasteiger partial charge in [0.05, 0.1) is 26.4 Å². The van der Waals surface area contributed by atoms with E-state index < -0.39 is 97.5 Å². The van der Waals surface area contributed by atoms with Gasteiger partial charge in [-0.1, -0.05) is 343 Å². The summed E-state index contributed by atoms with van der Waals surface area (Å²) >= 11 is 0. The Morgan fingerprint density at radius 2 is 0.484 bits per heavy atom. The van der Waals surface area contributed by atoms with Crippen LogP contribution in [0.4, 0.5) is 0 Å². The SMILES string of the molecule is CCCCCCCCCCCCCCCCCCCCCCCC(=O)O[C@H](COC(=O)CCCCCCCCCCCCCCCCC(C)C)COP(=O)(O)OC[C@@H](O)COP(=O)(O)OC[C@@H](COC(=O)CCCCCCC)OC(=O)CCCCCCCCCCCC(C)C. The van der Waals surface area contributed by atoms with Crippen molar-refractivity contribution in [2.24, 2.45) is 11.8 Å². The third-order valence-electron chi connectivity index (χ3n) is 17.7. The molecule has 0 saturated heterocycles. The number of carbonyl (C=O) groups is 4. The van der Waals surface area contributed by atoms with Crippen LogP contribution in [-0.2, 0) is 65.4 Å². The van der Waals surface area contributed by atoms with Crippen LogP contribution in [0.3, 0.4) is 0 Å². The quantitative estimate of drug-likeness (QED) is 0.0222. The van der Waals surface area contributed by atoms with E-state index in [4.69, 9.17) is 37.0 Å². The molecule has 0 heterocycles. The smallest absolute Gasteiger partial charge is 0.462 e. The number of aliphatic hydroxyl groups excluding tert-OH is 1. The molecule has 0 amide bonds. The average molecular weight is 1400 g/mol. The fourth-order valence-corrected chi connectivity index (χ4v) is 13.2. The van der Waals surface area contributed by atoms with Gasteiger partial charge in [0.1, 0.15) is 19.3 Å². The van der Waals surface area contributed by atoms with Crippen LogP contribution in [0.2, 0.25) is 0 Å². The van der Waals surface area contributed by atoms with Crippen molar-refractivity contribution in [1.82, 2.24) is 0 Å². The number of aliphatic hydroxyl groups is 1. The molecule has 17 nitrogen and oxygen atoms in total. The Bertz CT molecular complexity index is 1840. The molecule has 19 heteroatoms. The molecule has 0 aliphatic rings. The highest BCUT2D eigenvalue weighted by Crippen LogP contribution is 2.45. The Labute approximate surface area is 581 Å². The van der Waals surface area contributed by atoms with Gasteiger partial charge in [0.2, 0.25) is 0 Å². The van der Waals surface area contributed by atoms with E-state index in [1.165, 1.54) is 205 Å². The molecule has 0 aliphatic carbocycles. The first-order valence-electron chi connectivity index (χ1n) is 39.5. The molecule has 0 aromatic heterocycles. The zero-order valence-corrected chi connectivity index (χ0v) is 63.8. The molecule has 564 valence electrons. The van der Waals surface area contributed by atoms with E-state index in [1.807, 2.05) is 0 Å². The number of unbranched alkanes of at least 4 members (excludes halogenated alkanes) is 45. The lowest BCUT2D eigenvalue weighted by Crippen LogP contribution is -2.30. The summed E-state index contributed by atoms with van der Waals surface area (Å²) in [5, 5.41) is 10.6. The second-order valence-electron chi connectivity index (χ2n) is 28.3. The monoisotopic (exact) mass is 1400 g/mol. The molecule has 2 unspecified atom stereocenters. The second kappa shape index (κ2) is 67.9. The van der Waals surface area contributed by atoms with Gasteiger partial charge >= 0.3 is 39.5 Å². The largest absolute Gasteiger partial charge is 0.472 e. The van der Waals surface area contributed by atoms with Gasteiger partial charge in [-0.3, -0.25) is 37.3 Å². The second-order valence-corrected chi connectivity index (χ2v) is 31.3. The molecule has 0 rings (SSSR count). The lowest BCUT2D eigenvalue weighted by atomic mass is 10.0. The van der Waals surface area contributed by atoms with E-state index >= 15 is 0 Å². The predicted molar refractivity (Wildman–Crippen MR) is 386 cm³/mol. The molecule has 0 fully saturated rings. The summed E-state index contributed by atoms with van der Waals surface area (Å²) in [5.41, 5.74) is 0. The predicted octanol–water partition coefficient (Wildman–Crippen LogP) is 22.3. The topological polar surface area (TPSA) is 237 Å². The highest BCUT2D eigenvalue weighted by Gasteiger charge is 2.30. The normalized spacial score (nSPS) is 14.0. The first kappa shape index (κ1) is 93.1. The van der Waals surface area contributed by atoms with E-state index in [0.717, 1.165) is 108 Å². The first-order valence-corrected chi connectivity index (χ1v) is 42.5. The van der Waals surface area contributed by atoms with Crippen molar-refractivity contribution in [3.8, 4) is 0 Å². The molecule has 0 aromatic rings. The minimum atomic E-state index is -4.96. The number of ether oxygens (including phenoxy) is 4. The summed E-state index contributed by atoms with van der Waals surface area (Å²) in [6.07, 6.45) is 56.1. The van der Waals surface area contributed by atoms with Crippen molar-refractivity contribution in [2.75, 3.05) is 39.6 Å². The van der Waals surface area contributed by atoms with E-state index in [1.54, 1.807) is 0 Å². The average Bonchev–Trinajstić information content (AvgIpc) is 1.66. The van der Waals surface area contributed by atoms with Crippen LogP contribution in [0.5, 0.6) is 0 Å². The molecule has 0 bridgehead atoms. The summed E-state index contributed by atoms with van der Waals surface area (Å²) in [7, 11) is -9.90. The fraction of sp³-hybridized carbons (Fsp3) is 0.947. The first-order chi connectivity index (χ1) is 45.9. The Kier molecular flexibility index (Phi) is 66.5. The zero-order valence-electron chi connectivity index (χ0n) is 62.0. The van der Waals surface area contributed by atoms with E-state index in [-0.39, 0.29) is 25.7 Å². The molecule has 0 aliphatic heterocycles. The standard InChI is InChI=1S/C76H148O17P2/c1-7-9-11-13-14-15-16-17-18-19-20-21-22-23-24-29-32-37-42-48-54-60-75(80)93-72(65-87-74(79)59-53-47-41-36-31-28-26-25-27-30-34-39-45-50-56-68(3)4)67-91-95(84,85)89-63-70(77)62-88-94(82,83)90-66-71(64-86-73(78)58-52-44-12-10-8-2)92-76(81)61-55-49-43-38-33-35-40-46-51-57-69(5)6/h68-72,77H,7-67H2,1-6H3,(H,82,83)(H,84,85)/t70-,71+,72+/m0/s1. The number of hydrogen-bond acceptors (Lipinski definition) is 15. The molecular formula is C76H148O17P2. The van der Waals surface area contributed by atoms with Crippen LogP contribution in [-0.4, -0.2) is 96.7 Å². The van der Waals surface area contributed by atoms with E-state index in [9.17, 15) is 43.2 Å². The summed E-state index contributed by atoms with van der Waals surface area (Å²) < 4.78 is 68.3. The maximum absolute atomic E-state index is 13.1. The van der Waals surface area contributed by atoms with Crippen LogP contribution >= 0.6 is 15.6 Å². The molecule has 95 heavy (non-hydrogen) atoms. The lowest BCUT2D eigenvalue weighted by Gasteiger charge is -2.21. The maximum Gasteiger partial charge on any atom is 0.472 e. The van der Waals surface area contributed by atoms with Gasteiger partial charge in [-0.15, -0.1) is 0 Å². The Hall–Kier alpha value is -1.94. The Morgan fingerprint density at radius 1 is 0.284 bits per heavy atom. The van der Waals surface area contributed by atoms with E-state index in [2.05, 4.69) is 41.5 Å². The molecule has 5 atom stereocenters. The highest BCUT2D eigenvalue weighted by atomic mass is 31.2. The number of esters is 4. The number of phosphoric acid groups is 2. The van der Waals surface area contributed by atoms with Gasteiger partial charge in [0, 0.05) is 25.7 Å². The molecule has 0 radical (unpaired) electrons. The van der Waals surface area contributed by atoms with Crippen LogP contribution < -0.4 is 0 Å². The van der Waals surface area contributed by atoms with Crippen molar-refractivity contribution >= 4 is 39.5 Å². The van der Waals surface area contributed by atoms with Gasteiger partial charge < -0.3 is 33.8 Å². The minimum Gasteiger partial charge on any atom is -0.462 e. The van der Waals surface area contributed by atoms with Crippen molar-refractivity contribution in [1.29, 1.82) is 0 Å². The zero-order chi connectivity index (χ0) is 70.0. The van der Waals surface area contributed by atoms with Gasteiger partial charge in [0.15, 0.2) is 12.2 Å². The molecule has 0 aromatic carbocycles. The number of rotatable bonds is 75. The van der Waals surface area contributed by atoms with Crippen LogP contribution in [0.25, 0.3) is 0 Å². The fourth-order valence-electron chi connectivity index (χ4n) is 11.7. The number of hydrogen-bond donors (Lipinski definition) is 3. The van der Waals surface area contributed by atoms with Crippen molar-refractivity contribution < 1.29 is 80.2 Å². The molecule has 0 spiro atoms. The third-order valence-corrected chi connectivity index (χ3v) is 19.6. The molecular weight excluding hydrogens is 1250 g/mol. The lowest BCUT2D eigenvalue weighted by molar-refractivity contribution is -0.161. The van der Waals surface area contributed by atoms with Gasteiger partial charge in [-0.2, -0.15) is 0 Å². The van der Waals surface area contributed by atoms with Gasteiger partial charge in [-0.25, -0.2) is 9.13 Å². The van der Waals surface area contributed by atoms with E-state index in [0.29, 0.717) is 25.7 Å². The summed E-state index contributed by atoms with van der Waals surface area (Å²) in [5.74, 6) is -0.593. The summed E-state index contributed by atoms with van der Waals surface area (Å²) in [6.45, 7) is 9.50. The van der Waals surface area contributed by atoms with Crippen LogP contribution in [0, 0.1) is 11.8 Å². The van der Waals surface area contributed by atoms with Crippen molar-refractivity contribution in [3.05, 3.63) is 0 Å². The molecule has 3 N–H and O–H groups in total. The minimum absolute atomic E-state index is 0.104. The Balaban J connectivity index is 5.12. The van der Waals surface area contributed by atoms with Gasteiger partial charge in [0.25, 0.3) is 0 Å². The number of phosphoric ester groups is 2. The maximum atomic E-state index is 13.1. The number of carbonyl (C=O) groups excluding carboxylic acids is 4. The Morgan fingerprint density at radius 3 is 0.716 bits per heavy atom. The van der Waals surface area contributed by atoms with Crippen molar-refractivity contribution in [2.45, 2.75) is 413 Å². The van der Waals surface area contributed by atoms with Crippen LogP contribution in [0.15, 0.2) is 0 Å². The summed E-state index contributed by atoms with van der Waals surface area (Å²) in [6, 6.07) is 0. The highest BCUT2D eigenvalue weighted by molar-refractivity contribution is 7.47. The van der Waals surface area contributed by atoms with Crippen molar-refractivity contribution in [3.63, 3.8) is 0 Å². The summed E-state index contributed by atoms with van der Waals surface area (Å²) in [4.78, 5) is 72.5. The molecule has 0 saturated carbocycles.